The van der Waals surface area contributed by atoms with Gasteiger partial charge in [-0.25, -0.2) is 0 Å². The van der Waals surface area contributed by atoms with Crippen molar-refractivity contribution in [3.05, 3.63) is 0 Å². The van der Waals surface area contributed by atoms with E-state index in [-0.39, 0.29) is 12.0 Å². The third-order valence-electron chi connectivity index (χ3n) is 2.58. The maximum Gasteiger partial charge on any atom is 0.322 e. The van der Waals surface area contributed by atoms with E-state index >= 15 is 0 Å². The molecule has 0 bridgehead atoms. The van der Waals surface area contributed by atoms with E-state index in [0.717, 1.165) is 32.2 Å². The van der Waals surface area contributed by atoms with E-state index in [4.69, 9.17) is 4.74 Å². The first-order valence-electron chi connectivity index (χ1n) is 6.62. The lowest BCUT2D eigenvalue weighted by Crippen LogP contribution is -2.36. The van der Waals surface area contributed by atoms with Crippen LogP contribution in [0, 0.1) is 0 Å². The number of carbonyl (C=O) groups excluding carboxylic acids is 1. The van der Waals surface area contributed by atoms with Crippen molar-refractivity contribution < 1.29 is 9.53 Å². The van der Waals surface area contributed by atoms with Crippen LogP contribution in [0.15, 0.2) is 0 Å². The molecule has 0 unspecified atom stereocenters. The summed E-state index contributed by atoms with van der Waals surface area (Å²) in [5.41, 5.74) is 0. The Morgan fingerprint density at radius 1 is 1.12 bits per heavy atom. The smallest absolute Gasteiger partial charge is 0.322 e. The van der Waals surface area contributed by atoms with E-state index in [1.165, 1.54) is 12.8 Å². The Hall–Kier alpha value is -0.570. The van der Waals surface area contributed by atoms with Crippen molar-refractivity contribution >= 4 is 5.97 Å². The van der Waals surface area contributed by atoms with Crippen LogP contribution in [-0.4, -0.2) is 25.2 Å². The molecule has 0 saturated carbocycles. The average molecular weight is 229 g/mol. The topological polar surface area (TPSA) is 38.3 Å². The van der Waals surface area contributed by atoms with Gasteiger partial charge in [-0.2, -0.15) is 0 Å². The molecule has 0 aromatic carbocycles. The van der Waals surface area contributed by atoms with Gasteiger partial charge in [-0.3, -0.25) is 4.79 Å². The zero-order chi connectivity index (χ0) is 12.2. The molecule has 3 heteroatoms. The Balaban J connectivity index is 3.42. The Labute approximate surface area is 99.9 Å². The molecule has 0 aromatic heterocycles. The van der Waals surface area contributed by atoms with E-state index in [2.05, 4.69) is 19.2 Å². The summed E-state index contributed by atoms with van der Waals surface area (Å²) in [6.07, 6.45) is 6.81. The molecule has 96 valence electrons. The lowest BCUT2D eigenvalue weighted by atomic mass is 10.2. The second kappa shape index (κ2) is 10.9. The van der Waals surface area contributed by atoms with Crippen molar-refractivity contribution in [2.75, 3.05) is 13.2 Å². The van der Waals surface area contributed by atoms with Gasteiger partial charge in [-0.15, -0.1) is 0 Å². The molecule has 0 fully saturated rings. The summed E-state index contributed by atoms with van der Waals surface area (Å²) >= 11 is 0. The van der Waals surface area contributed by atoms with Crippen molar-refractivity contribution in [2.45, 2.75) is 65.3 Å². The highest BCUT2D eigenvalue weighted by Gasteiger charge is 2.12. The minimum atomic E-state index is -0.168. The van der Waals surface area contributed by atoms with Gasteiger partial charge in [0.2, 0.25) is 0 Å². The van der Waals surface area contributed by atoms with Gasteiger partial charge in [0, 0.05) is 0 Å². The molecule has 0 aliphatic rings. The first-order chi connectivity index (χ1) is 7.72. The van der Waals surface area contributed by atoms with Gasteiger partial charge < -0.3 is 10.1 Å². The van der Waals surface area contributed by atoms with Crippen LogP contribution >= 0.6 is 0 Å². The zero-order valence-electron chi connectivity index (χ0n) is 11.1. The quantitative estimate of drug-likeness (QED) is 0.462. The number of nitrogens with one attached hydrogen (secondary N) is 1. The fourth-order valence-electron chi connectivity index (χ4n) is 1.43. The number of rotatable bonds is 10. The van der Waals surface area contributed by atoms with Crippen LogP contribution in [0.3, 0.4) is 0 Å². The predicted octanol–water partition coefficient (Wildman–Crippen LogP) is 2.89. The molecule has 0 aromatic rings. The molecule has 1 N–H and O–H groups in total. The zero-order valence-corrected chi connectivity index (χ0v) is 11.1. The van der Waals surface area contributed by atoms with Gasteiger partial charge in [0.05, 0.1) is 6.61 Å². The molecule has 0 aliphatic heterocycles. The highest BCUT2D eigenvalue weighted by Crippen LogP contribution is 1.97. The van der Waals surface area contributed by atoms with Crippen LogP contribution in [0.2, 0.25) is 0 Å². The lowest BCUT2D eigenvalue weighted by Gasteiger charge is -2.12. The largest absolute Gasteiger partial charge is 0.465 e. The van der Waals surface area contributed by atoms with Crippen molar-refractivity contribution in [2.24, 2.45) is 0 Å². The third kappa shape index (κ3) is 8.72. The SMILES string of the molecule is CCCCCN[C@@H](C)C(=O)OCCCCC. The highest BCUT2D eigenvalue weighted by molar-refractivity contribution is 5.75. The Morgan fingerprint density at radius 3 is 2.38 bits per heavy atom. The fourth-order valence-corrected chi connectivity index (χ4v) is 1.43. The highest BCUT2D eigenvalue weighted by atomic mass is 16.5. The van der Waals surface area contributed by atoms with Crippen molar-refractivity contribution in [1.82, 2.24) is 5.32 Å². The first kappa shape index (κ1) is 15.4. The average Bonchev–Trinajstić information content (AvgIpc) is 2.29. The first-order valence-corrected chi connectivity index (χ1v) is 6.62. The van der Waals surface area contributed by atoms with Gasteiger partial charge in [0.1, 0.15) is 6.04 Å². The number of unbranched alkanes of at least 4 members (excludes halogenated alkanes) is 4. The Kier molecular flexibility index (Phi) is 10.5. The second-order valence-electron chi connectivity index (χ2n) is 4.26. The van der Waals surface area contributed by atoms with Crippen LogP contribution in [0.25, 0.3) is 0 Å². The number of hydrogen-bond acceptors (Lipinski definition) is 3. The number of ether oxygens (including phenoxy) is 1. The molecule has 0 spiro atoms. The summed E-state index contributed by atoms with van der Waals surface area (Å²) in [6.45, 7) is 7.64. The molecule has 0 heterocycles. The van der Waals surface area contributed by atoms with Crippen molar-refractivity contribution in [1.29, 1.82) is 0 Å². The normalized spacial score (nSPS) is 12.4. The van der Waals surface area contributed by atoms with Crippen molar-refractivity contribution in [3.63, 3.8) is 0 Å². The summed E-state index contributed by atoms with van der Waals surface area (Å²) in [5.74, 6) is -0.118. The van der Waals surface area contributed by atoms with Gasteiger partial charge in [-0.1, -0.05) is 39.5 Å². The molecular weight excluding hydrogens is 202 g/mol. The van der Waals surface area contributed by atoms with Crippen LogP contribution in [0.5, 0.6) is 0 Å². The number of esters is 1. The Morgan fingerprint density at radius 2 is 1.75 bits per heavy atom. The van der Waals surface area contributed by atoms with Crippen molar-refractivity contribution in [3.8, 4) is 0 Å². The maximum absolute atomic E-state index is 11.5. The molecule has 1 atom stereocenters. The van der Waals surface area contributed by atoms with Crippen LogP contribution < -0.4 is 5.32 Å². The summed E-state index contributed by atoms with van der Waals surface area (Å²) in [4.78, 5) is 11.5. The molecule has 0 saturated heterocycles. The molecule has 0 aliphatic carbocycles. The number of hydrogen-bond donors (Lipinski definition) is 1. The van der Waals surface area contributed by atoms with Crippen LogP contribution in [-0.2, 0) is 9.53 Å². The van der Waals surface area contributed by atoms with Crippen LogP contribution in [0.1, 0.15) is 59.3 Å². The van der Waals surface area contributed by atoms with Gasteiger partial charge in [0.25, 0.3) is 0 Å². The van der Waals surface area contributed by atoms with E-state index in [1.54, 1.807) is 0 Å². The minimum Gasteiger partial charge on any atom is -0.465 e. The summed E-state index contributed by atoms with van der Waals surface area (Å²) < 4.78 is 5.16. The second-order valence-corrected chi connectivity index (χ2v) is 4.26. The van der Waals surface area contributed by atoms with E-state index < -0.39 is 0 Å². The van der Waals surface area contributed by atoms with Gasteiger partial charge in [0.15, 0.2) is 0 Å². The summed E-state index contributed by atoms with van der Waals surface area (Å²) in [6, 6.07) is -0.168. The molecule has 0 radical (unpaired) electrons. The van der Waals surface area contributed by atoms with E-state index in [9.17, 15) is 4.79 Å². The van der Waals surface area contributed by atoms with Crippen LogP contribution in [0.4, 0.5) is 0 Å². The molecule has 3 nitrogen and oxygen atoms in total. The summed E-state index contributed by atoms with van der Waals surface area (Å²) in [5, 5.41) is 3.18. The minimum absolute atomic E-state index is 0.118. The predicted molar refractivity (Wildman–Crippen MR) is 67.5 cm³/mol. The van der Waals surface area contributed by atoms with Gasteiger partial charge in [-0.05, 0) is 26.3 Å². The standard InChI is InChI=1S/C13H27NO2/c1-4-6-8-10-14-12(3)13(15)16-11-9-7-5-2/h12,14H,4-11H2,1-3H3/t12-/m0/s1. The molecule has 0 rings (SSSR count). The summed E-state index contributed by atoms with van der Waals surface area (Å²) in [7, 11) is 0. The van der Waals surface area contributed by atoms with Gasteiger partial charge >= 0.3 is 5.97 Å². The van der Waals surface area contributed by atoms with E-state index in [1.807, 2.05) is 6.92 Å². The lowest BCUT2D eigenvalue weighted by molar-refractivity contribution is -0.145. The third-order valence-corrected chi connectivity index (χ3v) is 2.58. The maximum atomic E-state index is 11.5. The van der Waals surface area contributed by atoms with E-state index in [0.29, 0.717) is 6.61 Å². The fraction of sp³-hybridized carbons (Fsp3) is 0.923. The Bertz CT molecular complexity index is 171. The molecular formula is C13H27NO2. The molecule has 0 amide bonds. The molecule has 16 heavy (non-hydrogen) atoms. The number of carbonyl (C=O) groups is 1. The monoisotopic (exact) mass is 229 g/mol.